The van der Waals surface area contributed by atoms with Crippen LogP contribution in [0.2, 0.25) is 0 Å². The molecule has 0 bridgehead atoms. The predicted octanol–water partition coefficient (Wildman–Crippen LogP) is 2.41. The highest BCUT2D eigenvalue weighted by Crippen LogP contribution is 2.22. The first-order valence-electron chi connectivity index (χ1n) is 6.53. The zero-order valence-electron chi connectivity index (χ0n) is 12.2. The number of aromatic carboxylic acids is 1. The van der Waals surface area contributed by atoms with Crippen LogP contribution in [0.4, 0.5) is 11.4 Å². The molecule has 114 valence electrons. The quantitative estimate of drug-likeness (QED) is 0.754. The second-order valence-electron chi connectivity index (χ2n) is 4.93. The largest absolute Gasteiger partial charge is 0.507 e. The molecule has 0 aliphatic heterocycles. The van der Waals surface area contributed by atoms with Crippen LogP contribution in [-0.4, -0.2) is 36.2 Å². The summed E-state index contributed by atoms with van der Waals surface area (Å²) in [7, 11) is 3.80. The number of anilines is 2. The standard InChI is InChI=1S/C16H16N2O4/c1-18(2)12-6-3-10(4-7-12)15(20)17-11-5-8-14(19)13(9-11)16(21)22/h3-9,19H,1-2H3,(H,17,20)(H,21,22). The monoisotopic (exact) mass is 300 g/mol. The van der Waals surface area contributed by atoms with Gasteiger partial charge in [-0.05, 0) is 42.5 Å². The molecular formula is C16H16N2O4. The number of aromatic hydroxyl groups is 1. The van der Waals surface area contributed by atoms with Crippen molar-refractivity contribution in [3.05, 3.63) is 53.6 Å². The Kier molecular flexibility index (Phi) is 4.31. The molecular weight excluding hydrogens is 284 g/mol. The summed E-state index contributed by atoms with van der Waals surface area (Å²) in [6, 6.07) is 10.9. The van der Waals surface area contributed by atoms with E-state index in [9.17, 15) is 14.7 Å². The minimum atomic E-state index is -1.26. The first kappa shape index (κ1) is 15.4. The van der Waals surface area contributed by atoms with Crippen LogP contribution in [0.25, 0.3) is 0 Å². The van der Waals surface area contributed by atoms with Crippen LogP contribution in [0.5, 0.6) is 5.75 Å². The van der Waals surface area contributed by atoms with Gasteiger partial charge < -0.3 is 20.4 Å². The van der Waals surface area contributed by atoms with Crippen molar-refractivity contribution in [2.24, 2.45) is 0 Å². The lowest BCUT2D eigenvalue weighted by Gasteiger charge is -2.12. The van der Waals surface area contributed by atoms with Gasteiger partial charge in [0.2, 0.25) is 0 Å². The number of hydrogen-bond donors (Lipinski definition) is 3. The summed E-state index contributed by atoms with van der Waals surface area (Å²) in [4.78, 5) is 25.0. The number of nitrogens with zero attached hydrogens (tertiary/aromatic N) is 1. The molecule has 0 aromatic heterocycles. The molecule has 0 radical (unpaired) electrons. The van der Waals surface area contributed by atoms with Gasteiger partial charge >= 0.3 is 5.97 Å². The summed E-state index contributed by atoms with van der Waals surface area (Å²) in [5, 5.41) is 21.0. The third kappa shape index (κ3) is 3.35. The maximum atomic E-state index is 12.1. The molecule has 1 amide bonds. The number of nitrogens with one attached hydrogen (secondary N) is 1. The molecule has 2 rings (SSSR count). The lowest BCUT2D eigenvalue weighted by molar-refractivity contribution is 0.0693. The number of hydrogen-bond acceptors (Lipinski definition) is 4. The van der Waals surface area contributed by atoms with E-state index in [1.165, 1.54) is 18.2 Å². The van der Waals surface area contributed by atoms with Gasteiger partial charge in [0.05, 0.1) is 0 Å². The molecule has 0 spiro atoms. The molecule has 0 fully saturated rings. The Morgan fingerprint density at radius 2 is 1.68 bits per heavy atom. The number of carboxylic acid groups (broad SMARTS) is 1. The summed E-state index contributed by atoms with van der Waals surface area (Å²) in [5.74, 6) is -1.96. The topological polar surface area (TPSA) is 89.9 Å². The second kappa shape index (κ2) is 6.17. The number of rotatable bonds is 4. The van der Waals surface area contributed by atoms with Gasteiger partial charge in [0.1, 0.15) is 11.3 Å². The Labute approximate surface area is 127 Å². The molecule has 2 aromatic carbocycles. The first-order chi connectivity index (χ1) is 10.4. The Morgan fingerprint density at radius 1 is 1.05 bits per heavy atom. The Hall–Kier alpha value is -3.02. The Morgan fingerprint density at radius 3 is 2.23 bits per heavy atom. The lowest BCUT2D eigenvalue weighted by atomic mass is 10.1. The van der Waals surface area contributed by atoms with Crippen molar-refractivity contribution in [3.8, 4) is 5.75 Å². The van der Waals surface area contributed by atoms with E-state index in [0.717, 1.165) is 5.69 Å². The van der Waals surface area contributed by atoms with E-state index >= 15 is 0 Å². The highest BCUT2D eigenvalue weighted by atomic mass is 16.4. The zero-order valence-corrected chi connectivity index (χ0v) is 12.2. The van der Waals surface area contributed by atoms with E-state index in [-0.39, 0.29) is 17.2 Å². The van der Waals surface area contributed by atoms with Gasteiger partial charge in [-0.25, -0.2) is 4.79 Å². The van der Waals surface area contributed by atoms with Gasteiger partial charge in [-0.2, -0.15) is 0 Å². The average Bonchev–Trinajstić information content (AvgIpc) is 2.49. The SMILES string of the molecule is CN(C)c1ccc(C(=O)Nc2ccc(O)c(C(=O)O)c2)cc1. The van der Waals surface area contributed by atoms with Crippen LogP contribution < -0.4 is 10.2 Å². The minimum Gasteiger partial charge on any atom is -0.507 e. The molecule has 0 heterocycles. The number of amides is 1. The minimum absolute atomic E-state index is 0.263. The van der Waals surface area contributed by atoms with Gasteiger partial charge in [-0.15, -0.1) is 0 Å². The smallest absolute Gasteiger partial charge is 0.339 e. The molecule has 0 unspecified atom stereocenters. The van der Waals surface area contributed by atoms with Crippen LogP contribution >= 0.6 is 0 Å². The van der Waals surface area contributed by atoms with Crippen LogP contribution in [0.3, 0.4) is 0 Å². The maximum absolute atomic E-state index is 12.1. The summed E-state index contributed by atoms with van der Waals surface area (Å²) in [6.45, 7) is 0. The number of carbonyl (C=O) groups is 2. The first-order valence-corrected chi connectivity index (χ1v) is 6.53. The molecule has 0 aliphatic rings. The zero-order chi connectivity index (χ0) is 16.3. The van der Waals surface area contributed by atoms with Crippen LogP contribution in [0, 0.1) is 0 Å². The molecule has 6 heteroatoms. The highest BCUT2D eigenvalue weighted by Gasteiger charge is 2.12. The van der Waals surface area contributed by atoms with Crippen LogP contribution in [0.1, 0.15) is 20.7 Å². The van der Waals surface area contributed by atoms with Crippen molar-refractivity contribution in [3.63, 3.8) is 0 Å². The average molecular weight is 300 g/mol. The molecule has 3 N–H and O–H groups in total. The molecule has 0 saturated heterocycles. The Bertz CT molecular complexity index is 709. The molecule has 0 atom stereocenters. The normalized spacial score (nSPS) is 10.1. The van der Waals surface area contributed by atoms with Gasteiger partial charge in [0, 0.05) is 31.0 Å². The fraction of sp³-hybridized carbons (Fsp3) is 0.125. The van der Waals surface area contributed by atoms with E-state index in [4.69, 9.17) is 5.11 Å². The molecule has 22 heavy (non-hydrogen) atoms. The van der Waals surface area contributed by atoms with Crippen molar-refractivity contribution < 1.29 is 19.8 Å². The van der Waals surface area contributed by atoms with Crippen LogP contribution in [-0.2, 0) is 0 Å². The fourth-order valence-electron chi connectivity index (χ4n) is 1.90. The van der Waals surface area contributed by atoms with Gasteiger partial charge in [-0.3, -0.25) is 4.79 Å². The molecule has 2 aromatic rings. The highest BCUT2D eigenvalue weighted by molar-refractivity contribution is 6.05. The summed E-state index contributed by atoms with van der Waals surface area (Å²) >= 11 is 0. The van der Waals surface area contributed by atoms with E-state index in [0.29, 0.717) is 11.3 Å². The lowest BCUT2D eigenvalue weighted by Crippen LogP contribution is -2.13. The predicted molar refractivity (Wildman–Crippen MR) is 83.8 cm³/mol. The van der Waals surface area contributed by atoms with Crippen molar-refractivity contribution >= 4 is 23.3 Å². The molecule has 0 saturated carbocycles. The summed E-state index contributed by atoms with van der Waals surface area (Å²) in [6.07, 6.45) is 0. The van der Waals surface area contributed by atoms with E-state index < -0.39 is 5.97 Å². The van der Waals surface area contributed by atoms with E-state index in [1.54, 1.807) is 12.1 Å². The summed E-state index contributed by atoms with van der Waals surface area (Å²) in [5.41, 5.74) is 1.46. The number of carboxylic acids is 1. The van der Waals surface area contributed by atoms with Crippen molar-refractivity contribution in [2.45, 2.75) is 0 Å². The van der Waals surface area contributed by atoms with E-state index in [2.05, 4.69) is 5.32 Å². The van der Waals surface area contributed by atoms with Crippen LogP contribution in [0.15, 0.2) is 42.5 Å². The van der Waals surface area contributed by atoms with Gasteiger partial charge in [0.15, 0.2) is 0 Å². The molecule has 0 aliphatic carbocycles. The van der Waals surface area contributed by atoms with Crippen molar-refractivity contribution in [2.75, 3.05) is 24.3 Å². The van der Waals surface area contributed by atoms with Crippen molar-refractivity contribution in [1.29, 1.82) is 0 Å². The number of benzene rings is 2. The Balaban J connectivity index is 2.18. The number of phenols is 1. The number of carbonyl (C=O) groups excluding carboxylic acids is 1. The maximum Gasteiger partial charge on any atom is 0.339 e. The van der Waals surface area contributed by atoms with E-state index in [1.807, 2.05) is 31.1 Å². The second-order valence-corrected chi connectivity index (χ2v) is 4.93. The third-order valence-corrected chi connectivity index (χ3v) is 3.13. The van der Waals surface area contributed by atoms with Crippen molar-refractivity contribution in [1.82, 2.24) is 0 Å². The van der Waals surface area contributed by atoms with Gasteiger partial charge in [0.25, 0.3) is 5.91 Å². The summed E-state index contributed by atoms with van der Waals surface area (Å²) < 4.78 is 0. The van der Waals surface area contributed by atoms with Gasteiger partial charge in [-0.1, -0.05) is 0 Å². The third-order valence-electron chi connectivity index (χ3n) is 3.13. The molecule has 6 nitrogen and oxygen atoms in total. The fourth-order valence-corrected chi connectivity index (χ4v) is 1.90.